The van der Waals surface area contributed by atoms with Gasteiger partial charge in [-0.15, -0.1) is 0 Å². The second-order valence-corrected chi connectivity index (χ2v) is 8.55. The van der Waals surface area contributed by atoms with Gasteiger partial charge < -0.3 is 14.6 Å². The van der Waals surface area contributed by atoms with Crippen LogP contribution in [0.1, 0.15) is 71.8 Å². The molecular weight excluding hydrogens is 376 g/mol. The first kappa shape index (κ1) is 22.5. The maximum atomic E-state index is 14.0. The van der Waals surface area contributed by atoms with E-state index in [1.54, 1.807) is 12.1 Å². The molecule has 1 aromatic carbocycles. The lowest BCUT2D eigenvalue weighted by Gasteiger charge is -2.47. The van der Waals surface area contributed by atoms with E-state index < -0.39 is 23.1 Å². The van der Waals surface area contributed by atoms with Gasteiger partial charge in [-0.25, -0.2) is 0 Å². The Bertz CT molecular complexity index is 753. The number of ketones is 1. The van der Waals surface area contributed by atoms with Crippen LogP contribution in [0.15, 0.2) is 35.9 Å². The molecule has 0 aromatic heterocycles. The molecule has 2 unspecified atom stereocenters. The van der Waals surface area contributed by atoms with E-state index >= 15 is 0 Å². The quantitative estimate of drug-likeness (QED) is 0.439. The molecule has 0 amide bonds. The summed E-state index contributed by atoms with van der Waals surface area (Å²) in [7, 11) is 0. The normalized spacial score (nSPS) is 18.0. The van der Waals surface area contributed by atoms with E-state index in [0.717, 1.165) is 24.8 Å². The lowest BCUT2D eigenvalue weighted by molar-refractivity contribution is -0.288. The predicted octanol–water partition coefficient (Wildman–Crippen LogP) is 5.22. The molecule has 2 atom stereocenters. The van der Waals surface area contributed by atoms with Crippen LogP contribution in [0.2, 0.25) is 5.02 Å². The number of allylic oxidation sites excluding steroid dienone is 1. The van der Waals surface area contributed by atoms with E-state index in [-0.39, 0.29) is 5.78 Å². The predicted molar refractivity (Wildman–Crippen MR) is 109 cm³/mol. The molecule has 4 nitrogen and oxygen atoms in total. The fourth-order valence-corrected chi connectivity index (χ4v) is 4.50. The Morgan fingerprint density at radius 2 is 1.86 bits per heavy atom. The van der Waals surface area contributed by atoms with Crippen molar-refractivity contribution in [3.8, 4) is 0 Å². The summed E-state index contributed by atoms with van der Waals surface area (Å²) in [6.07, 6.45) is 3.96. The summed E-state index contributed by atoms with van der Waals surface area (Å²) in [5, 5.41) is 12.0. The van der Waals surface area contributed by atoms with Crippen LogP contribution in [0.25, 0.3) is 0 Å². The van der Waals surface area contributed by atoms with Crippen LogP contribution in [0.3, 0.4) is 0 Å². The maximum absolute atomic E-state index is 14.0. The van der Waals surface area contributed by atoms with Gasteiger partial charge in [-0.05, 0) is 50.2 Å². The standard InChI is InChI=1S/C23H31ClO4/c1-5-22(3,4)20(25)23(6-2,17-14-10-11-15-18(17)24)19(28-21(26)27)16-12-8-7-9-13-16/h10-12,14-15,19H,5-9,13H2,1-4H3,(H,26,27)/p-1. The number of hydrogen-bond acceptors (Lipinski definition) is 4. The highest BCUT2D eigenvalue weighted by molar-refractivity contribution is 6.31. The molecule has 154 valence electrons. The monoisotopic (exact) mass is 405 g/mol. The van der Waals surface area contributed by atoms with Gasteiger partial charge in [0.1, 0.15) is 0 Å². The zero-order valence-electron chi connectivity index (χ0n) is 17.2. The molecule has 0 saturated heterocycles. The Balaban J connectivity index is 2.80. The first-order valence-electron chi connectivity index (χ1n) is 10.1. The van der Waals surface area contributed by atoms with Gasteiger partial charge >= 0.3 is 0 Å². The van der Waals surface area contributed by atoms with E-state index in [4.69, 9.17) is 16.3 Å². The van der Waals surface area contributed by atoms with Crippen molar-refractivity contribution >= 4 is 23.5 Å². The molecule has 1 aliphatic rings. The van der Waals surface area contributed by atoms with E-state index in [2.05, 4.69) is 0 Å². The molecule has 0 radical (unpaired) electrons. The molecule has 1 aromatic rings. The van der Waals surface area contributed by atoms with E-state index in [1.165, 1.54) is 0 Å². The number of carboxylic acid groups (broad SMARTS) is 1. The smallest absolute Gasteiger partial charge is 0.252 e. The number of ether oxygens (including phenoxy) is 1. The Morgan fingerprint density at radius 1 is 1.18 bits per heavy atom. The van der Waals surface area contributed by atoms with E-state index in [0.29, 0.717) is 29.8 Å². The maximum Gasteiger partial charge on any atom is 0.252 e. The molecule has 2 rings (SSSR count). The molecule has 0 spiro atoms. The second kappa shape index (κ2) is 9.13. The zero-order valence-corrected chi connectivity index (χ0v) is 18.0. The SMILES string of the molecule is CCC(C)(C)C(=O)C(CC)(c1ccccc1Cl)C(OC(=O)[O-])C1=CCCCC1. The van der Waals surface area contributed by atoms with E-state index in [1.807, 2.05) is 45.9 Å². The van der Waals surface area contributed by atoms with Crippen LogP contribution in [0.5, 0.6) is 0 Å². The van der Waals surface area contributed by atoms with Gasteiger partial charge in [0.15, 0.2) is 5.78 Å². The van der Waals surface area contributed by atoms with Gasteiger partial charge in [0.05, 0.1) is 11.5 Å². The summed E-state index contributed by atoms with van der Waals surface area (Å²) in [5.41, 5.74) is -0.417. The Labute approximate surface area is 172 Å². The van der Waals surface area contributed by atoms with Crippen molar-refractivity contribution in [3.63, 3.8) is 0 Å². The molecule has 0 aliphatic heterocycles. The minimum Gasteiger partial charge on any atom is -0.541 e. The topological polar surface area (TPSA) is 66.4 Å². The summed E-state index contributed by atoms with van der Waals surface area (Å²) in [6, 6.07) is 7.17. The van der Waals surface area contributed by atoms with Crippen molar-refractivity contribution in [2.45, 2.75) is 77.7 Å². The molecule has 0 fully saturated rings. The zero-order chi connectivity index (χ0) is 20.9. The lowest BCUT2D eigenvalue weighted by Crippen LogP contribution is -2.55. The highest BCUT2D eigenvalue weighted by Gasteiger charge is 2.52. The average molecular weight is 406 g/mol. The fourth-order valence-electron chi connectivity index (χ4n) is 4.20. The third kappa shape index (κ3) is 4.27. The Morgan fingerprint density at radius 3 is 2.36 bits per heavy atom. The summed E-state index contributed by atoms with van der Waals surface area (Å²) in [4.78, 5) is 25.6. The number of rotatable bonds is 8. The van der Waals surface area contributed by atoms with Crippen molar-refractivity contribution in [1.82, 2.24) is 0 Å². The van der Waals surface area contributed by atoms with E-state index in [9.17, 15) is 14.7 Å². The molecule has 5 heteroatoms. The molecule has 0 bridgehead atoms. The number of carbonyl (C=O) groups excluding carboxylic acids is 2. The minimum absolute atomic E-state index is 0.0594. The molecule has 28 heavy (non-hydrogen) atoms. The van der Waals surface area contributed by atoms with Crippen molar-refractivity contribution in [3.05, 3.63) is 46.5 Å². The van der Waals surface area contributed by atoms with Gasteiger partial charge in [-0.2, -0.15) is 0 Å². The number of Topliss-reactive ketones (excluding diaryl/α,β-unsaturated/α-hetero) is 1. The highest BCUT2D eigenvalue weighted by atomic mass is 35.5. The molecule has 0 saturated carbocycles. The van der Waals surface area contributed by atoms with Crippen molar-refractivity contribution in [1.29, 1.82) is 0 Å². The van der Waals surface area contributed by atoms with Crippen LogP contribution >= 0.6 is 11.6 Å². The third-order valence-corrected chi connectivity index (χ3v) is 6.47. The van der Waals surface area contributed by atoms with Crippen molar-refractivity contribution < 1.29 is 19.4 Å². The fraction of sp³-hybridized carbons (Fsp3) is 0.565. The van der Waals surface area contributed by atoms with Crippen LogP contribution < -0.4 is 5.11 Å². The number of carbonyl (C=O) groups is 2. The number of benzene rings is 1. The average Bonchev–Trinajstić information content (AvgIpc) is 2.69. The number of halogens is 1. The van der Waals surface area contributed by atoms with Gasteiger partial charge in [-0.1, -0.05) is 69.1 Å². The first-order chi connectivity index (χ1) is 13.2. The molecule has 0 heterocycles. The summed E-state index contributed by atoms with van der Waals surface area (Å²) >= 11 is 6.55. The van der Waals surface area contributed by atoms with Gasteiger partial charge in [-0.3, -0.25) is 4.79 Å². The molecule has 1 aliphatic carbocycles. The lowest BCUT2D eigenvalue weighted by atomic mass is 9.60. The van der Waals surface area contributed by atoms with Crippen LogP contribution in [-0.4, -0.2) is 18.0 Å². The molecular formula is C23H30ClO4-. The number of hydrogen-bond donors (Lipinski definition) is 0. The summed E-state index contributed by atoms with van der Waals surface area (Å²) < 4.78 is 5.37. The Kier molecular flexibility index (Phi) is 7.33. The largest absolute Gasteiger partial charge is 0.541 e. The van der Waals surface area contributed by atoms with Gasteiger partial charge in [0.2, 0.25) is 0 Å². The first-order valence-corrected chi connectivity index (χ1v) is 10.4. The second-order valence-electron chi connectivity index (χ2n) is 8.14. The highest BCUT2D eigenvalue weighted by Crippen LogP contribution is 2.47. The third-order valence-electron chi connectivity index (χ3n) is 6.14. The van der Waals surface area contributed by atoms with Gasteiger partial charge in [0, 0.05) is 10.4 Å². The van der Waals surface area contributed by atoms with Crippen molar-refractivity contribution in [2.24, 2.45) is 5.41 Å². The summed E-state index contributed by atoms with van der Waals surface area (Å²) in [5.74, 6) is -0.0594. The minimum atomic E-state index is -1.62. The Hall–Kier alpha value is -1.81. The molecule has 0 N–H and O–H groups in total. The van der Waals surface area contributed by atoms with Crippen LogP contribution in [0, 0.1) is 5.41 Å². The van der Waals surface area contributed by atoms with Gasteiger partial charge in [0.25, 0.3) is 6.16 Å². The summed E-state index contributed by atoms with van der Waals surface area (Å²) in [6.45, 7) is 7.63. The van der Waals surface area contributed by atoms with Crippen LogP contribution in [0.4, 0.5) is 4.79 Å². The van der Waals surface area contributed by atoms with Crippen LogP contribution in [-0.2, 0) is 14.9 Å². The van der Waals surface area contributed by atoms with Crippen molar-refractivity contribution in [2.75, 3.05) is 0 Å².